The second-order valence-corrected chi connectivity index (χ2v) is 8.04. The van der Waals surface area contributed by atoms with Gasteiger partial charge in [0.2, 0.25) is 0 Å². The van der Waals surface area contributed by atoms with Crippen molar-refractivity contribution >= 4 is 23.1 Å². The van der Waals surface area contributed by atoms with Gasteiger partial charge in [-0.15, -0.1) is 0 Å². The van der Waals surface area contributed by atoms with Gasteiger partial charge in [-0.05, 0) is 37.1 Å². The maximum Gasteiger partial charge on any atom is 0.278 e. The Balaban J connectivity index is 1.67. The first-order chi connectivity index (χ1) is 15.3. The second-order valence-electron chi connectivity index (χ2n) is 8.04. The molecule has 1 saturated heterocycles. The van der Waals surface area contributed by atoms with Gasteiger partial charge in [-0.3, -0.25) is 19.4 Å². The number of imide groups is 1. The van der Waals surface area contributed by atoms with Gasteiger partial charge in [0, 0.05) is 37.9 Å². The van der Waals surface area contributed by atoms with E-state index in [1.165, 1.54) is 11.0 Å². The van der Waals surface area contributed by atoms with Crippen molar-refractivity contribution in [1.29, 1.82) is 0 Å². The summed E-state index contributed by atoms with van der Waals surface area (Å²) in [5.74, 6) is -2.91. The van der Waals surface area contributed by atoms with Crippen molar-refractivity contribution in [2.45, 2.75) is 13.8 Å². The number of amides is 2. The summed E-state index contributed by atoms with van der Waals surface area (Å²) in [7, 11) is 0. The molecular weight excluding hydrogens is 416 g/mol. The normalized spacial score (nSPS) is 17.4. The summed E-state index contributed by atoms with van der Waals surface area (Å²) in [6, 6.07) is 8.90. The number of morpholine rings is 1. The zero-order valence-electron chi connectivity index (χ0n) is 18.1. The molecule has 4 rings (SSSR count). The van der Waals surface area contributed by atoms with E-state index in [2.05, 4.69) is 10.2 Å². The third-order valence-corrected chi connectivity index (χ3v) is 5.75. The number of halogens is 2. The number of carbonyl (C=O) groups excluding carboxylic acids is 2. The van der Waals surface area contributed by atoms with Gasteiger partial charge < -0.3 is 10.1 Å². The van der Waals surface area contributed by atoms with Crippen LogP contribution in [0.5, 0.6) is 0 Å². The van der Waals surface area contributed by atoms with E-state index in [1.54, 1.807) is 0 Å². The lowest BCUT2D eigenvalue weighted by Crippen LogP contribution is -2.43. The number of aryl methyl sites for hydroxylation is 2. The molecule has 1 fully saturated rings. The van der Waals surface area contributed by atoms with E-state index < -0.39 is 23.4 Å². The number of nitrogens with one attached hydrogen (secondary N) is 1. The fourth-order valence-corrected chi connectivity index (χ4v) is 4.02. The largest absolute Gasteiger partial charge is 0.379 e. The monoisotopic (exact) mass is 441 g/mol. The smallest absolute Gasteiger partial charge is 0.278 e. The molecule has 2 aliphatic heterocycles. The predicted octanol–water partition coefficient (Wildman–Crippen LogP) is 3.11. The summed E-state index contributed by atoms with van der Waals surface area (Å²) in [5.41, 5.74) is 3.00. The van der Waals surface area contributed by atoms with Gasteiger partial charge in [0.15, 0.2) is 11.6 Å². The number of carbonyl (C=O) groups is 2. The standard InChI is InChI=1S/C24H25F2N3O3/c1-15-3-5-18(16(2)13-15)21-22(27-17-4-6-19(25)20(26)14-17)24(31)29(23(21)30)8-7-28-9-11-32-12-10-28/h3-6,13-14,27H,7-12H2,1-2H3. The van der Waals surface area contributed by atoms with Crippen molar-refractivity contribution < 1.29 is 23.1 Å². The Kier molecular flexibility index (Phi) is 6.34. The quantitative estimate of drug-likeness (QED) is 0.698. The molecule has 0 spiro atoms. The van der Waals surface area contributed by atoms with Crippen molar-refractivity contribution in [2.24, 2.45) is 0 Å². The van der Waals surface area contributed by atoms with Gasteiger partial charge in [0.25, 0.3) is 11.8 Å². The Bertz CT molecular complexity index is 1090. The number of anilines is 1. The van der Waals surface area contributed by atoms with Gasteiger partial charge in [-0.2, -0.15) is 0 Å². The van der Waals surface area contributed by atoms with Crippen molar-refractivity contribution in [3.05, 3.63) is 70.4 Å². The maximum absolute atomic E-state index is 13.7. The van der Waals surface area contributed by atoms with Crippen molar-refractivity contribution in [1.82, 2.24) is 9.80 Å². The van der Waals surface area contributed by atoms with Crippen molar-refractivity contribution in [3.8, 4) is 0 Å². The molecular formula is C24H25F2N3O3. The lowest BCUT2D eigenvalue weighted by Gasteiger charge is -2.28. The summed E-state index contributed by atoms with van der Waals surface area (Å²) in [4.78, 5) is 30.0. The molecule has 2 amide bonds. The molecule has 2 aromatic rings. The third-order valence-electron chi connectivity index (χ3n) is 5.75. The van der Waals surface area contributed by atoms with Crippen LogP contribution in [0.15, 0.2) is 42.1 Å². The Morgan fingerprint density at radius 2 is 1.69 bits per heavy atom. The molecule has 2 heterocycles. The molecule has 168 valence electrons. The molecule has 6 nitrogen and oxygen atoms in total. The minimum atomic E-state index is -1.04. The third kappa shape index (κ3) is 4.42. The highest BCUT2D eigenvalue weighted by atomic mass is 19.2. The van der Waals surface area contributed by atoms with E-state index in [1.807, 2.05) is 32.0 Å². The summed E-state index contributed by atoms with van der Waals surface area (Å²) in [6.07, 6.45) is 0. The predicted molar refractivity (Wildman–Crippen MR) is 117 cm³/mol. The van der Waals surface area contributed by atoms with Crippen LogP contribution in [0, 0.1) is 25.5 Å². The highest BCUT2D eigenvalue weighted by Crippen LogP contribution is 2.32. The first-order valence-electron chi connectivity index (χ1n) is 10.6. The summed E-state index contributed by atoms with van der Waals surface area (Å²) in [6.45, 7) is 7.32. The molecule has 0 saturated carbocycles. The van der Waals surface area contributed by atoms with E-state index in [0.717, 1.165) is 36.3 Å². The van der Waals surface area contributed by atoms with E-state index in [0.29, 0.717) is 25.3 Å². The summed E-state index contributed by atoms with van der Waals surface area (Å²) < 4.78 is 32.5. The van der Waals surface area contributed by atoms with Gasteiger partial charge in [-0.1, -0.05) is 23.8 Å². The van der Waals surface area contributed by atoms with Crippen LogP contribution in [0.2, 0.25) is 0 Å². The van der Waals surface area contributed by atoms with Crippen LogP contribution in [0.4, 0.5) is 14.5 Å². The number of benzene rings is 2. The Morgan fingerprint density at radius 1 is 0.938 bits per heavy atom. The van der Waals surface area contributed by atoms with Crippen molar-refractivity contribution in [3.63, 3.8) is 0 Å². The first-order valence-corrected chi connectivity index (χ1v) is 10.6. The zero-order chi connectivity index (χ0) is 22.8. The molecule has 0 aliphatic carbocycles. The minimum absolute atomic E-state index is 0.0648. The zero-order valence-corrected chi connectivity index (χ0v) is 18.1. The van der Waals surface area contributed by atoms with Crippen LogP contribution in [-0.4, -0.2) is 61.0 Å². The van der Waals surface area contributed by atoms with Gasteiger partial charge >= 0.3 is 0 Å². The number of nitrogens with zero attached hydrogens (tertiary/aromatic N) is 2. The van der Waals surface area contributed by atoms with Crippen LogP contribution in [0.3, 0.4) is 0 Å². The fourth-order valence-electron chi connectivity index (χ4n) is 4.02. The topological polar surface area (TPSA) is 61.9 Å². The lowest BCUT2D eigenvalue weighted by atomic mass is 9.97. The van der Waals surface area contributed by atoms with Crippen LogP contribution < -0.4 is 5.32 Å². The van der Waals surface area contributed by atoms with Gasteiger partial charge in [-0.25, -0.2) is 8.78 Å². The SMILES string of the molecule is Cc1ccc(C2=C(Nc3ccc(F)c(F)c3)C(=O)N(CCN3CCOCC3)C2=O)c(C)c1. The fraction of sp³-hybridized carbons (Fsp3) is 0.333. The van der Waals surface area contributed by atoms with Crippen molar-refractivity contribution in [2.75, 3.05) is 44.7 Å². The van der Waals surface area contributed by atoms with E-state index in [9.17, 15) is 18.4 Å². The Morgan fingerprint density at radius 3 is 2.38 bits per heavy atom. The Labute approximate surface area is 185 Å². The molecule has 32 heavy (non-hydrogen) atoms. The van der Waals surface area contributed by atoms with Crippen LogP contribution >= 0.6 is 0 Å². The molecule has 0 atom stereocenters. The van der Waals surface area contributed by atoms with Gasteiger partial charge in [0.1, 0.15) is 5.70 Å². The number of hydrogen-bond donors (Lipinski definition) is 1. The average molecular weight is 441 g/mol. The van der Waals surface area contributed by atoms with E-state index in [4.69, 9.17) is 4.74 Å². The number of ether oxygens (including phenoxy) is 1. The highest BCUT2D eigenvalue weighted by Gasteiger charge is 2.39. The number of rotatable bonds is 6. The maximum atomic E-state index is 13.7. The molecule has 0 bridgehead atoms. The molecule has 2 aliphatic rings. The van der Waals surface area contributed by atoms with Crippen LogP contribution in [0.1, 0.15) is 16.7 Å². The van der Waals surface area contributed by atoms with E-state index >= 15 is 0 Å². The van der Waals surface area contributed by atoms with E-state index in [-0.39, 0.29) is 23.5 Å². The van der Waals surface area contributed by atoms with Gasteiger partial charge in [0.05, 0.1) is 18.8 Å². The Hall–Kier alpha value is -3.10. The minimum Gasteiger partial charge on any atom is -0.379 e. The average Bonchev–Trinajstić information content (AvgIpc) is 2.99. The lowest BCUT2D eigenvalue weighted by molar-refractivity contribution is -0.137. The second kappa shape index (κ2) is 9.18. The van der Waals surface area contributed by atoms with Crippen LogP contribution in [-0.2, 0) is 14.3 Å². The highest BCUT2D eigenvalue weighted by molar-refractivity contribution is 6.36. The number of hydrogen-bond acceptors (Lipinski definition) is 5. The summed E-state index contributed by atoms with van der Waals surface area (Å²) in [5, 5.41) is 2.87. The molecule has 2 aromatic carbocycles. The van der Waals surface area contributed by atoms with Crippen LogP contribution in [0.25, 0.3) is 5.57 Å². The molecule has 0 aromatic heterocycles. The summed E-state index contributed by atoms with van der Waals surface area (Å²) >= 11 is 0. The molecule has 8 heteroatoms. The molecule has 0 radical (unpaired) electrons. The molecule has 1 N–H and O–H groups in total. The first kappa shape index (κ1) is 22.1. The molecule has 0 unspecified atom stereocenters.